The molecule has 2 rings (SSSR count). The Hall–Kier alpha value is -0.810. The van der Waals surface area contributed by atoms with Gasteiger partial charge in [-0.25, -0.2) is 4.79 Å². The van der Waals surface area contributed by atoms with E-state index >= 15 is 0 Å². The van der Waals surface area contributed by atoms with Gasteiger partial charge in [0.1, 0.15) is 5.60 Å². The molecule has 1 aliphatic heterocycles. The molecule has 0 bridgehead atoms. The van der Waals surface area contributed by atoms with E-state index in [9.17, 15) is 9.90 Å². The first-order valence-electron chi connectivity index (χ1n) is 7.64. The van der Waals surface area contributed by atoms with Gasteiger partial charge in [-0.2, -0.15) is 0 Å². The summed E-state index contributed by atoms with van der Waals surface area (Å²) < 4.78 is 5.37. The van der Waals surface area contributed by atoms with Crippen LogP contribution in [-0.2, 0) is 4.74 Å². The van der Waals surface area contributed by atoms with Crippen molar-refractivity contribution in [1.29, 1.82) is 0 Å². The van der Waals surface area contributed by atoms with Crippen molar-refractivity contribution in [2.75, 3.05) is 13.1 Å². The molecule has 0 atom stereocenters. The van der Waals surface area contributed by atoms with Gasteiger partial charge >= 0.3 is 6.09 Å². The number of carbonyl (C=O) groups excluding carboxylic acids is 1. The minimum Gasteiger partial charge on any atom is -0.444 e. The Morgan fingerprint density at radius 1 is 1.15 bits per heavy atom. The Bertz CT molecular complexity index is 362. The Morgan fingerprint density at radius 3 is 2.10 bits per heavy atom. The molecule has 2 aliphatic rings. The summed E-state index contributed by atoms with van der Waals surface area (Å²) in [5.74, 6) is 0. The van der Waals surface area contributed by atoms with Crippen LogP contribution < -0.4 is 5.73 Å². The third kappa shape index (κ3) is 3.09. The van der Waals surface area contributed by atoms with Crippen molar-refractivity contribution in [3.8, 4) is 0 Å². The standard InChI is InChI=1S/C15H28N2O3/c1-13(2,3)20-12(18)17-10-8-15(19,9-11-17)14(16)6-4-5-7-14/h19H,4-11,16H2,1-3H3. The molecule has 116 valence electrons. The summed E-state index contributed by atoms with van der Waals surface area (Å²) in [6.45, 7) is 6.62. The third-order valence-electron chi connectivity index (χ3n) is 4.66. The lowest BCUT2D eigenvalue weighted by Crippen LogP contribution is -2.63. The van der Waals surface area contributed by atoms with E-state index < -0.39 is 16.7 Å². The van der Waals surface area contributed by atoms with Gasteiger partial charge in [0.2, 0.25) is 0 Å². The molecule has 2 fully saturated rings. The lowest BCUT2D eigenvalue weighted by molar-refractivity contribution is -0.0797. The van der Waals surface area contributed by atoms with E-state index in [1.54, 1.807) is 4.90 Å². The normalized spacial score (nSPS) is 25.6. The van der Waals surface area contributed by atoms with Crippen LogP contribution in [0.1, 0.15) is 59.3 Å². The molecule has 0 unspecified atom stereocenters. The fraction of sp³-hybridized carbons (Fsp3) is 0.933. The lowest BCUT2D eigenvalue weighted by Gasteiger charge is -2.47. The van der Waals surface area contributed by atoms with Gasteiger partial charge in [-0.3, -0.25) is 0 Å². The maximum atomic E-state index is 12.0. The summed E-state index contributed by atoms with van der Waals surface area (Å²) in [7, 11) is 0. The quantitative estimate of drug-likeness (QED) is 0.772. The second-order valence-corrected chi connectivity index (χ2v) is 7.36. The zero-order valence-corrected chi connectivity index (χ0v) is 12.9. The molecule has 0 radical (unpaired) electrons. The highest BCUT2D eigenvalue weighted by Gasteiger charge is 2.50. The molecule has 3 N–H and O–H groups in total. The topological polar surface area (TPSA) is 75.8 Å². The van der Waals surface area contributed by atoms with E-state index in [0.29, 0.717) is 25.9 Å². The summed E-state index contributed by atoms with van der Waals surface area (Å²) in [4.78, 5) is 13.7. The van der Waals surface area contributed by atoms with Crippen molar-refractivity contribution < 1.29 is 14.6 Å². The Labute approximate surface area is 121 Å². The molecular formula is C15H28N2O3. The molecule has 20 heavy (non-hydrogen) atoms. The number of amides is 1. The van der Waals surface area contributed by atoms with Crippen molar-refractivity contribution in [2.45, 2.75) is 76.0 Å². The van der Waals surface area contributed by atoms with Crippen LogP contribution in [0.15, 0.2) is 0 Å². The van der Waals surface area contributed by atoms with E-state index in [1.807, 2.05) is 20.8 Å². The van der Waals surface area contributed by atoms with Crippen LogP contribution in [0.25, 0.3) is 0 Å². The van der Waals surface area contributed by atoms with Gasteiger partial charge in [0, 0.05) is 18.6 Å². The number of hydrogen-bond acceptors (Lipinski definition) is 4. The van der Waals surface area contributed by atoms with Crippen molar-refractivity contribution in [3.05, 3.63) is 0 Å². The molecule has 0 aromatic carbocycles. The number of piperidine rings is 1. The minimum absolute atomic E-state index is 0.294. The fourth-order valence-electron chi connectivity index (χ4n) is 3.35. The van der Waals surface area contributed by atoms with Gasteiger partial charge in [-0.15, -0.1) is 0 Å². The first kappa shape index (κ1) is 15.6. The fourth-order valence-corrected chi connectivity index (χ4v) is 3.35. The van der Waals surface area contributed by atoms with Crippen LogP contribution in [0, 0.1) is 0 Å². The first-order chi connectivity index (χ1) is 9.15. The zero-order chi connectivity index (χ0) is 15.0. The number of hydrogen-bond donors (Lipinski definition) is 2. The van der Waals surface area contributed by atoms with Gasteiger partial charge in [0.15, 0.2) is 0 Å². The van der Waals surface area contributed by atoms with Crippen molar-refractivity contribution in [3.63, 3.8) is 0 Å². The SMILES string of the molecule is CC(C)(C)OC(=O)N1CCC(O)(C2(N)CCCC2)CC1. The molecule has 1 saturated carbocycles. The van der Waals surface area contributed by atoms with Crippen LogP contribution in [0.3, 0.4) is 0 Å². The molecule has 1 saturated heterocycles. The molecule has 0 aromatic rings. The second-order valence-electron chi connectivity index (χ2n) is 7.36. The van der Waals surface area contributed by atoms with E-state index in [0.717, 1.165) is 25.7 Å². The van der Waals surface area contributed by atoms with Crippen molar-refractivity contribution >= 4 is 6.09 Å². The molecular weight excluding hydrogens is 256 g/mol. The number of rotatable bonds is 1. The molecule has 0 aromatic heterocycles. The van der Waals surface area contributed by atoms with E-state index in [4.69, 9.17) is 10.5 Å². The number of ether oxygens (including phenoxy) is 1. The number of carbonyl (C=O) groups is 1. The van der Waals surface area contributed by atoms with Gasteiger partial charge in [-0.1, -0.05) is 12.8 Å². The lowest BCUT2D eigenvalue weighted by atomic mass is 9.73. The Balaban J connectivity index is 1.93. The summed E-state index contributed by atoms with van der Waals surface area (Å²) in [5.41, 5.74) is 4.63. The third-order valence-corrected chi connectivity index (χ3v) is 4.66. The highest BCUT2D eigenvalue weighted by Crippen LogP contribution is 2.42. The van der Waals surface area contributed by atoms with Gasteiger partial charge in [0.05, 0.1) is 5.60 Å². The molecule has 0 spiro atoms. The van der Waals surface area contributed by atoms with Crippen LogP contribution in [-0.4, -0.2) is 45.9 Å². The van der Waals surface area contributed by atoms with Crippen LogP contribution in [0.4, 0.5) is 4.79 Å². The largest absolute Gasteiger partial charge is 0.444 e. The number of likely N-dealkylation sites (tertiary alicyclic amines) is 1. The Kier molecular flexibility index (Phi) is 4.04. The smallest absolute Gasteiger partial charge is 0.410 e. The maximum Gasteiger partial charge on any atom is 0.410 e. The molecule has 1 amide bonds. The summed E-state index contributed by atoms with van der Waals surface area (Å²) in [5, 5.41) is 10.9. The maximum absolute atomic E-state index is 12.0. The number of aliphatic hydroxyl groups is 1. The number of nitrogens with zero attached hydrogens (tertiary/aromatic N) is 1. The molecule has 1 aliphatic carbocycles. The van der Waals surface area contributed by atoms with Gasteiger partial charge < -0.3 is 20.5 Å². The summed E-state index contributed by atoms with van der Waals surface area (Å²) in [6.07, 6.45) is 4.75. The second kappa shape index (κ2) is 5.19. The van der Waals surface area contributed by atoms with Crippen molar-refractivity contribution in [1.82, 2.24) is 4.90 Å². The predicted octanol–water partition coefficient (Wildman–Crippen LogP) is 2.02. The van der Waals surface area contributed by atoms with Crippen molar-refractivity contribution in [2.24, 2.45) is 5.73 Å². The van der Waals surface area contributed by atoms with Gasteiger partial charge in [0.25, 0.3) is 0 Å². The monoisotopic (exact) mass is 284 g/mol. The average molecular weight is 284 g/mol. The first-order valence-corrected chi connectivity index (χ1v) is 7.64. The highest BCUT2D eigenvalue weighted by atomic mass is 16.6. The van der Waals surface area contributed by atoms with E-state index in [-0.39, 0.29) is 6.09 Å². The number of nitrogens with two attached hydrogens (primary N) is 1. The van der Waals surface area contributed by atoms with Gasteiger partial charge in [-0.05, 0) is 46.5 Å². The Morgan fingerprint density at radius 2 is 1.65 bits per heavy atom. The average Bonchev–Trinajstić information content (AvgIpc) is 2.76. The molecule has 5 heteroatoms. The minimum atomic E-state index is -0.831. The van der Waals surface area contributed by atoms with E-state index in [1.165, 1.54) is 0 Å². The summed E-state index contributed by atoms with van der Waals surface area (Å²) >= 11 is 0. The molecule has 5 nitrogen and oxygen atoms in total. The molecule has 1 heterocycles. The predicted molar refractivity (Wildman–Crippen MR) is 77.4 cm³/mol. The zero-order valence-electron chi connectivity index (χ0n) is 12.9. The van der Waals surface area contributed by atoms with Crippen LogP contribution in [0.5, 0.6) is 0 Å². The summed E-state index contributed by atoms with van der Waals surface area (Å²) in [6, 6.07) is 0. The highest BCUT2D eigenvalue weighted by molar-refractivity contribution is 5.68. The van der Waals surface area contributed by atoms with Crippen LogP contribution in [0.2, 0.25) is 0 Å². The van der Waals surface area contributed by atoms with E-state index in [2.05, 4.69) is 0 Å². The van der Waals surface area contributed by atoms with Crippen LogP contribution >= 0.6 is 0 Å².